The number of unbranched alkanes of at least 4 members (excludes halogenated alkanes) is 46. The number of carbonyl (C=O) groups excluding carboxylic acids is 4. The molecule has 17 nitrogen and oxygen atoms in total. The number of rotatable bonds is 74. The molecule has 0 aliphatic rings. The molecule has 552 valence electrons. The largest absolute Gasteiger partial charge is 0.472 e. The van der Waals surface area contributed by atoms with E-state index < -0.39 is 97.5 Å². The highest BCUT2D eigenvalue weighted by Crippen LogP contribution is 2.45. The van der Waals surface area contributed by atoms with E-state index in [0.717, 1.165) is 109 Å². The Morgan fingerprint density at radius 1 is 0.290 bits per heavy atom. The fraction of sp³-hybridized carbons (Fsp3) is 0.946. The van der Waals surface area contributed by atoms with Gasteiger partial charge in [0.2, 0.25) is 0 Å². The molecule has 0 saturated heterocycles. The molecule has 0 fully saturated rings. The van der Waals surface area contributed by atoms with Crippen LogP contribution in [-0.4, -0.2) is 96.7 Å². The van der Waals surface area contributed by atoms with Gasteiger partial charge in [-0.05, 0) is 31.6 Å². The average Bonchev–Trinajstić information content (AvgIpc) is 3.65. The number of hydrogen-bond donors (Lipinski definition) is 3. The topological polar surface area (TPSA) is 237 Å². The van der Waals surface area contributed by atoms with Crippen LogP contribution in [0.1, 0.15) is 388 Å². The van der Waals surface area contributed by atoms with Crippen LogP contribution in [0.25, 0.3) is 0 Å². The fourth-order valence-electron chi connectivity index (χ4n) is 11.4. The number of esters is 4. The summed E-state index contributed by atoms with van der Waals surface area (Å²) in [6.07, 6.45) is 55.6. The van der Waals surface area contributed by atoms with Gasteiger partial charge >= 0.3 is 39.5 Å². The van der Waals surface area contributed by atoms with Crippen LogP contribution in [0, 0.1) is 5.92 Å². The minimum Gasteiger partial charge on any atom is -0.462 e. The number of aliphatic hydroxyl groups is 1. The lowest BCUT2D eigenvalue weighted by Gasteiger charge is -2.21. The van der Waals surface area contributed by atoms with Gasteiger partial charge in [0.25, 0.3) is 0 Å². The summed E-state index contributed by atoms with van der Waals surface area (Å²) in [4.78, 5) is 72.5. The lowest BCUT2D eigenvalue weighted by atomic mass is 10.0. The van der Waals surface area contributed by atoms with Crippen molar-refractivity contribution in [3.63, 3.8) is 0 Å². The molecule has 0 amide bonds. The van der Waals surface area contributed by atoms with Crippen molar-refractivity contribution >= 4 is 39.5 Å². The third-order valence-electron chi connectivity index (χ3n) is 17.3. The standard InChI is InChI=1S/C74H144O17P2/c1-6-9-12-15-18-20-22-23-31-35-38-43-48-53-58-72(77)85-64-70(91-74(79)60-55-50-45-40-36-32-29-27-25-24-26-28-30-34-37-42-46-51-56-67(4)5)66-89-93(82,83)87-62-68(75)61-86-92(80,81)88-65-69(63-84-71(76)57-52-47-41-17-14-11-8-3)90-73(78)59-54-49-44-39-33-21-19-16-13-10-7-2/h67-70,75H,6-66H2,1-5H3,(H,80,81)(H,82,83)/t68-,69+,70+/m0/s1. The Morgan fingerprint density at radius 2 is 0.495 bits per heavy atom. The Labute approximate surface area is 568 Å². The monoisotopic (exact) mass is 1370 g/mol. The minimum atomic E-state index is -4.95. The van der Waals surface area contributed by atoms with Gasteiger partial charge in [0, 0.05) is 25.7 Å². The van der Waals surface area contributed by atoms with Gasteiger partial charge in [-0.1, -0.05) is 336 Å². The molecule has 2 unspecified atom stereocenters. The number of aliphatic hydroxyl groups excluding tert-OH is 1. The molecule has 0 bridgehead atoms. The molecule has 0 radical (unpaired) electrons. The second-order valence-corrected chi connectivity index (χ2v) is 30.1. The zero-order valence-electron chi connectivity index (χ0n) is 60.4. The van der Waals surface area contributed by atoms with Crippen molar-refractivity contribution in [2.24, 2.45) is 5.92 Å². The van der Waals surface area contributed by atoms with E-state index in [0.29, 0.717) is 25.7 Å². The van der Waals surface area contributed by atoms with Crippen LogP contribution in [-0.2, 0) is 65.4 Å². The maximum absolute atomic E-state index is 13.1. The normalized spacial score (nSPS) is 14.0. The van der Waals surface area contributed by atoms with E-state index in [9.17, 15) is 43.2 Å². The summed E-state index contributed by atoms with van der Waals surface area (Å²) in [5, 5.41) is 10.6. The summed E-state index contributed by atoms with van der Waals surface area (Å²) in [6.45, 7) is 7.27. The first-order valence-electron chi connectivity index (χ1n) is 38.6. The number of ether oxygens (including phenoxy) is 4. The first-order valence-corrected chi connectivity index (χ1v) is 41.6. The second-order valence-electron chi connectivity index (χ2n) is 27.2. The van der Waals surface area contributed by atoms with Crippen molar-refractivity contribution in [1.82, 2.24) is 0 Å². The Morgan fingerprint density at radius 3 is 0.731 bits per heavy atom. The van der Waals surface area contributed by atoms with E-state index in [2.05, 4.69) is 34.6 Å². The molecule has 5 atom stereocenters. The lowest BCUT2D eigenvalue weighted by Crippen LogP contribution is -2.30. The lowest BCUT2D eigenvalue weighted by molar-refractivity contribution is -0.161. The predicted molar refractivity (Wildman–Crippen MR) is 377 cm³/mol. The molecular weight excluding hydrogens is 1220 g/mol. The van der Waals surface area contributed by atoms with E-state index in [1.165, 1.54) is 199 Å². The maximum Gasteiger partial charge on any atom is 0.472 e. The van der Waals surface area contributed by atoms with E-state index in [-0.39, 0.29) is 25.7 Å². The maximum atomic E-state index is 13.1. The molecule has 93 heavy (non-hydrogen) atoms. The van der Waals surface area contributed by atoms with Crippen molar-refractivity contribution in [3.8, 4) is 0 Å². The molecule has 19 heteroatoms. The van der Waals surface area contributed by atoms with Crippen LogP contribution in [0.2, 0.25) is 0 Å². The SMILES string of the molecule is CCCCCCCCCCCCCCCCC(=O)OC[C@H](COP(=O)(O)OC[C@@H](O)COP(=O)(O)OC[C@@H](COC(=O)CCCCCCCCC)OC(=O)CCCCCCCCCCCCC)OC(=O)CCCCCCCCCCCCCCCCCCCCC(C)C. The van der Waals surface area contributed by atoms with Gasteiger partial charge in [-0.15, -0.1) is 0 Å². The molecule has 3 N–H and O–H groups in total. The molecule has 0 saturated carbocycles. The summed E-state index contributed by atoms with van der Waals surface area (Å²) in [5.41, 5.74) is 0. The molecule has 0 aliphatic carbocycles. The zero-order chi connectivity index (χ0) is 68.4. The van der Waals surface area contributed by atoms with Crippen molar-refractivity contribution in [3.05, 3.63) is 0 Å². The highest BCUT2D eigenvalue weighted by atomic mass is 31.2. The van der Waals surface area contributed by atoms with Crippen LogP contribution < -0.4 is 0 Å². The van der Waals surface area contributed by atoms with Crippen LogP contribution in [0.15, 0.2) is 0 Å². The van der Waals surface area contributed by atoms with Gasteiger partial charge in [-0.2, -0.15) is 0 Å². The van der Waals surface area contributed by atoms with E-state index in [1.807, 2.05) is 0 Å². The van der Waals surface area contributed by atoms with Crippen molar-refractivity contribution < 1.29 is 80.2 Å². The van der Waals surface area contributed by atoms with Crippen molar-refractivity contribution in [1.29, 1.82) is 0 Å². The zero-order valence-corrected chi connectivity index (χ0v) is 62.2. The Kier molecular flexibility index (Phi) is 65.9. The Hall–Kier alpha value is -1.94. The third-order valence-corrected chi connectivity index (χ3v) is 19.2. The Balaban J connectivity index is 5.15. The minimum absolute atomic E-state index is 0.107. The number of phosphoric acid groups is 2. The first kappa shape index (κ1) is 91.1. The van der Waals surface area contributed by atoms with Gasteiger partial charge < -0.3 is 33.8 Å². The third kappa shape index (κ3) is 68.4. The van der Waals surface area contributed by atoms with Gasteiger partial charge in [-0.3, -0.25) is 37.3 Å². The highest BCUT2D eigenvalue weighted by molar-refractivity contribution is 7.47. The Bertz CT molecular complexity index is 1790. The molecular formula is C74H144O17P2. The molecule has 0 aromatic heterocycles. The molecule has 0 heterocycles. The molecule has 0 aliphatic heterocycles. The van der Waals surface area contributed by atoms with Gasteiger partial charge in [0.05, 0.1) is 26.4 Å². The van der Waals surface area contributed by atoms with E-state index in [1.54, 1.807) is 0 Å². The van der Waals surface area contributed by atoms with E-state index >= 15 is 0 Å². The summed E-state index contributed by atoms with van der Waals surface area (Å²) in [6, 6.07) is 0. The van der Waals surface area contributed by atoms with Crippen LogP contribution in [0.4, 0.5) is 0 Å². The number of phosphoric ester groups is 2. The fourth-order valence-corrected chi connectivity index (χ4v) is 12.9. The second kappa shape index (κ2) is 67.3. The summed E-state index contributed by atoms with van der Waals surface area (Å²) in [5.74, 6) is -1.30. The smallest absolute Gasteiger partial charge is 0.462 e. The van der Waals surface area contributed by atoms with Crippen LogP contribution in [0.5, 0.6) is 0 Å². The van der Waals surface area contributed by atoms with Crippen molar-refractivity contribution in [2.75, 3.05) is 39.6 Å². The molecule has 0 spiro atoms. The molecule has 0 aromatic rings. The summed E-state index contributed by atoms with van der Waals surface area (Å²) >= 11 is 0. The van der Waals surface area contributed by atoms with Crippen LogP contribution in [0.3, 0.4) is 0 Å². The van der Waals surface area contributed by atoms with E-state index in [4.69, 9.17) is 37.0 Å². The highest BCUT2D eigenvalue weighted by Gasteiger charge is 2.30. The van der Waals surface area contributed by atoms with Gasteiger partial charge in [0.15, 0.2) is 12.2 Å². The van der Waals surface area contributed by atoms with Gasteiger partial charge in [0.1, 0.15) is 19.3 Å². The molecule has 0 aromatic carbocycles. The van der Waals surface area contributed by atoms with Gasteiger partial charge in [-0.25, -0.2) is 9.13 Å². The predicted octanol–water partition coefficient (Wildman–Crippen LogP) is 21.7. The summed E-state index contributed by atoms with van der Waals surface area (Å²) < 4.78 is 68.3. The van der Waals surface area contributed by atoms with Crippen molar-refractivity contribution in [2.45, 2.75) is 406 Å². The van der Waals surface area contributed by atoms with Crippen LogP contribution >= 0.6 is 15.6 Å². The summed E-state index contributed by atoms with van der Waals surface area (Å²) in [7, 11) is -9.90. The first-order chi connectivity index (χ1) is 45.0. The molecule has 0 rings (SSSR count). The number of carbonyl (C=O) groups is 4. The quantitative estimate of drug-likeness (QED) is 0.0222. The average molecular weight is 1370 g/mol. The number of hydrogen-bond acceptors (Lipinski definition) is 15.